The first kappa shape index (κ1) is 28.1. The standard InChI is InChI=1S/C28H30F4N4O3/c1-15-6-7-21(16(2)12-15)36-25(17-8-10-35(11-9-17)27(38)39-28(3,4)5)18(14-33-36)26(37)34-24-22(31)19(29)13-20(30)23(24)32/h6-7,12-14,17H,8-11H2,1-5H3,(H,34,37). The quantitative estimate of drug-likeness (QED) is 0.303. The minimum Gasteiger partial charge on any atom is -0.444 e. The van der Waals surface area contributed by atoms with Crippen LogP contribution >= 0.6 is 0 Å². The summed E-state index contributed by atoms with van der Waals surface area (Å²) >= 11 is 0. The van der Waals surface area contributed by atoms with Gasteiger partial charge in [0.2, 0.25) is 0 Å². The second kappa shape index (κ2) is 10.7. The predicted octanol–water partition coefficient (Wildman–Crippen LogP) is 6.41. The third-order valence-electron chi connectivity index (χ3n) is 6.52. The summed E-state index contributed by atoms with van der Waals surface area (Å²) in [6, 6.07) is 5.76. The molecule has 0 aliphatic carbocycles. The van der Waals surface area contributed by atoms with Crippen molar-refractivity contribution in [2.75, 3.05) is 18.4 Å². The Bertz CT molecular complexity index is 1400. The number of rotatable bonds is 4. The van der Waals surface area contributed by atoms with Gasteiger partial charge in [-0.3, -0.25) is 4.79 Å². The van der Waals surface area contributed by atoms with Crippen molar-refractivity contribution < 1.29 is 31.9 Å². The normalized spacial score (nSPS) is 14.4. The van der Waals surface area contributed by atoms with E-state index >= 15 is 0 Å². The van der Waals surface area contributed by atoms with E-state index in [1.54, 1.807) is 30.4 Å². The van der Waals surface area contributed by atoms with Gasteiger partial charge in [-0.1, -0.05) is 17.7 Å². The number of nitrogens with zero attached hydrogens (tertiary/aromatic N) is 3. The lowest BCUT2D eigenvalue weighted by molar-refractivity contribution is 0.0203. The first-order valence-electron chi connectivity index (χ1n) is 12.5. The summed E-state index contributed by atoms with van der Waals surface area (Å²) in [7, 11) is 0. The van der Waals surface area contributed by atoms with E-state index in [0.717, 1.165) is 11.1 Å². The Morgan fingerprint density at radius 3 is 2.18 bits per heavy atom. The number of hydrogen-bond acceptors (Lipinski definition) is 4. The Labute approximate surface area is 223 Å². The maximum absolute atomic E-state index is 14.3. The zero-order chi connectivity index (χ0) is 28.6. The van der Waals surface area contributed by atoms with Gasteiger partial charge >= 0.3 is 6.09 Å². The number of halogens is 4. The Hall–Kier alpha value is -3.89. The number of aromatic nitrogens is 2. The molecule has 4 rings (SSSR count). The third kappa shape index (κ3) is 5.91. The van der Waals surface area contributed by atoms with Gasteiger partial charge in [-0.25, -0.2) is 27.0 Å². The smallest absolute Gasteiger partial charge is 0.410 e. The van der Waals surface area contributed by atoms with Gasteiger partial charge in [0, 0.05) is 25.1 Å². The van der Waals surface area contributed by atoms with Crippen LogP contribution in [0.15, 0.2) is 30.5 Å². The topological polar surface area (TPSA) is 76.5 Å². The molecule has 1 aliphatic heterocycles. The first-order valence-corrected chi connectivity index (χ1v) is 12.5. The van der Waals surface area contributed by atoms with Crippen LogP contribution in [0.4, 0.5) is 28.0 Å². The summed E-state index contributed by atoms with van der Waals surface area (Å²) in [4.78, 5) is 27.4. The molecule has 0 saturated carbocycles. The van der Waals surface area contributed by atoms with Crippen molar-refractivity contribution in [1.82, 2.24) is 14.7 Å². The third-order valence-corrected chi connectivity index (χ3v) is 6.52. The lowest BCUT2D eigenvalue weighted by Crippen LogP contribution is -2.41. The molecule has 0 radical (unpaired) electrons. The zero-order valence-corrected chi connectivity index (χ0v) is 22.4. The van der Waals surface area contributed by atoms with E-state index in [0.29, 0.717) is 37.3 Å². The molecule has 2 aromatic carbocycles. The van der Waals surface area contributed by atoms with E-state index in [1.165, 1.54) is 6.20 Å². The summed E-state index contributed by atoms with van der Waals surface area (Å²) in [6.45, 7) is 9.85. The van der Waals surface area contributed by atoms with E-state index in [9.17, 15) is 27.2 Å². The molecule has 1 aliphatic rings. The highest BCUT2D eigenvalue weighted by molar-refractivity contribution is 6.05. The van der Waals surface area contributed by atoms with Gasteiger partial charge in [0.25, 0.3) is 5.91 Å². The molecule has 11 heteroatoms. The number of anilines is 1. The largest absolute Gasteiger partial charge is 0.444 e. The van der Waals surface area contributed by atoms with E-state index in [2.05, 4.69) is 5.10 Å². The minimum atomic E-state index is -1.71. The molecule has 2 heterocycles. The van der Waals surface area contributed by atoms with Crippen molar-refractivity contribution in [2.24, 2.45) is 0 Å². The van der Waals surface area contributed by atoms with Gasteiger partial charge in [-0.15, -0.1) is 0 Å². The summed E-state index contributed by atoms with van der Waals surface area (Å²) in [5, 5.41) is 6.40. The number of carbonyl (C=O) groups excluding carboxylic acids is 2. The fraction of sp³-hybridized carbons (Fsp3) is 0.393. The van der Waals surface area contributed by atoms with Crippen molar-refractivity contribution in [2.45, 2.75) is 59.0 Å². The van der Waals surface area contributed by atoms with Gasteiger partial charge < -0.3 is 15.0 Å². The molecule has 208 valence electrons. The molecule has 0 atom stereocenters. The van der Waals surface area contributed by atoms with Crippen molar-refractivity contribution in [3.63, 3.8) is 0 Å². The van der Waals surface area contributed by atoms with Crippen LogP contribution in [0.25, 0.3) is 5.69 Å². The SMILES string of the molecule is Cc1ccc(-n2ncc(C(=O)Nc3c(F)c(F)cc(F)c3F)c2C2CCN(C(=O)OC(C)(C)C)CC2)c(C)c1. The molecular weight excluding hydrogens is 516 g/mol. The van der Waals surface area contributed by atoms with E-state index in [4.69, 9.17) is 4.74 Å². The van der Waals surface area contributed by atoms with Crippen LogP contribution in [0.2, 0.25) is 0 Å². The lowest BCUT2D eigenvalue weighted by Gasteiger charge is -2.34. The molecule has 1 N–H and O–H groups in total. The number of nitrogens with one attached hydrogen (secondary N) is 1. The van der Waals surface area contributed by atoms with Gasteiger partial charge in [0.1, 0.15) is 11.3 Å². The van der Waals surface area contributed by atoms with Gasteiger partial charge in [0.15, 0.2) is 23.3 Å². The van der Waals surface area contributed by atoms with E-state index < -0.39 is 46.6 Å². The molecule has 0 spiro atoms. The second-order valence-electron chi connectivity index (χ2n) is 10.7. The van der Waals surface area contributed by atoms with Crippen LogP contribution in [-0.4, -0.2) is 45.4 Å². The monoisotopic (exact) mass is 546 g/mol. The Morgan fingerprint density at radius 1 is 1.00 bits per heavy atom. The van der Waals surface area contributed by atoms with Crippen LogP contribution in [0.1, 0.15) is 66.7 Å². The number of piperidine rings is 1. The van der Waals surface area contributed by atoms with Crippen LogP contribution in [-0.2, 0) is 4.74 Å². The van der Waals surface area contributed by atoms with Crippen molar-refractivity contribution in [1.29, 1.82) is 0 Å². The average Bonchev–Trinajstić information content (AvgIpc) is 3.29. The molecule has 0 bridgehead atoms. The van der Waals surface area contributed by atoms with Crippen LogP contribution < -0.4 is 5.32 Å². The summed E-state index contributed by atoms with van der Waals surface area (Å²) in [5.74, 6) is -7.94. The molecule has 7 nitrogen and oxygen atoms in total. The van der Waals surface area contributed by atoms with Gasteiger partial charge in [0.05, 0.1) is 23.1 Å². The number of amides is 2. The van der Waals surface area contributed by atoms with E-state index in [-0.39, 0.29) is 17.5 Å². The number of benzene rings is 2. The van der Waals surface area contributed by atoms with Crippen molar-refractivity contribution in [3.05, 3.63) is 76.1 Å². The second-order valence-corrected chi connectivity index (χ2v) is 10.7. The summed E-state index contributed by atoms with van der Waals surface area (Å²) in [5.41, 5.74) is 1.17. The number of hydrogen-bond donors (Lipinski definition) is 1. The molecule has 3 aromatic rings. The fourth-order valence-corrected chi connectivity index (χ4v) is 4.69. The highest BCUT2D eigenvalue weighted by Gasteiger charge is 2.33. The molecule has 39 heavy (non-hydrogen) atoms. The number of aryl methyl sites for hydroxylation is 2. The molecule has 0 unspecified atom stereocenters. The molecular formula is C28H30F4N4O3. The maximum Gasteiger partial charge on any atom is 0.410 e. The molecule has 2 amide bonds. The predicted molar refractivity (Wildman–Crippen MR) is 137 cm³/mol. The number of ether oxygens (including phenoxy) is 1. The summed E-state index contributed by atoms with van der Waals surface area (Å²) in [6.07, 6.45) is 1.72. The molecule has 1 fully saturated rings. The maximum atomic E-state index is 14.3. The zero-order valence-electron chi connectivity index (χ0n) is 22.4. The molecule has 1 saturated heterocycles. The Kier molecular flexibility index (Phi) is 7.72. The minimum absolute atomic E-state index is 0.00541. The Balaban J connectivity index is 1.70. The average molecular weight is 547 g/mol. The van der Waals surface area contributed by atoms with Crippen LogP contribution in [0, 0.1) is 37.1 Å². The van der Waals surface area contributed by atoms with Crippen molar-refractivity contribution in [3.8, 4) is 5.69 Å². The van der Waals surface area contributed by atoms with Gasteiger partial charge in [-0.2, -0.15) is 5.10 Å². The highest BCUT2D eigenvalue weighted by atomic mass is 19.2. The van der Waals surface area contributed by atoms with Crippen molar-refractivity contribution >= 4 is 17.7 Å². The highest BCUT2D eigenvalue weighted by Crippen LogP contribution is 2.34. The number of carbonyl (C=O) groups is 2. The summed E-state index contributed by atoms with van der Waals surface area (Å²) < 4.78 is 63.2. The fourth-order valence-electron chi connectivity index (χ4n) is 4.69. The Morgan fingerprint density at radius 2 is 1.62 bits per heavy atom. The van der Waals surface area contributed by atoms with Crippen LogP contribution in [0.5, 0.6) is 0 Å². The van der Waals surface area contributed by atoms with E-state index in [1.807, 2.05) is 37.4 Å². The lowest BCUT2D eigenvalue weighted by atomic mass is 9.90. The van der Waals surface area contributed by atoms with Crippen LogP contribution in [0.3, 0.4) is 0 Å². The first-order chi connectivity index (χ1) is 18.3. The number of likely N-dealkylation sites (tertiary alicyclic amines) is 1. The molecule has 1 aromatic heterocycles. The van der Waals surface area contributed by atoms with Gasteiger partial charge in [-0.05, 0) is 59.1 Å².